The van der Waals surface area contributed by atoms with E-state index in [1.807, 2.05) is 29.1 Å². The van der Waals surface area contributed by atoms with Crippen molar-refractivity contribution in [3.8, 4) is 22.6 Å². The lowest BCUT2D eigenvalue weighted by Crippen LogP contribution is -2.18. The minimum Gasteiger partial charge on any atom is -0.345 e. The summed E-state index contributed by atoms with van der Waals surface area (Å²) in [5.41, 5.74) is 4.72. The highest BCUT2D eigenvalue weighted by molar-refractivity contribution is 6.31. The third kappa shape index (κ3) is 4.05. The van der Waals surface area contributed by atoms with Gasteiger partial charge in [-0.05, 0) is 66.9 Å². The zero-order valence-corrected chi connectivity index (χ0v) is 20.2. The van der Waals surface area contributed by atoms with Gasteiger partial charge in [0, 0.05) is 41.5 Å². The number of halogens is 2. The largest absolute Gasteiger partial charge is 0.345 e. The highest BCUT2D eigenvalue weighted by Crippen LogP contribution is 2.40. The molecule has 0 radical (unpaired) electrons. The Balaban J connectivity index is 1.44. The fourth-order valence-corrected chi connectivity index (χ4v) is 5.21. The average Bonchev–Trinajstić information content (AvgIpc) is 3.63. The molecule has 2 aromatic carbocycles. The maximum absolute atomic E-state index is 13.7. The van der Waals surface area contributed by atoms with Gasteiger partial charge in [0.2, 0.25) is 0 Å². The van der Waals surface area contributed by atoms with Gasteiger partial charge in [0.15, 0.2) is 0 Å². The Morgan fingerprint density at radius 1 is 1.09 bits per heavy atom. The summed E-state index contributed by atoms with van der Waals surface area (Å²) in [7, 11) is 0. The Kier molecular flexibility index (Phi) is 5.66. The SMILES string of the molecule is CCNCn1ccc(-c2c(-c3ccc(F)cc3)nc3n2C(Cn2ccc4ccc(Cl)cc42)CC3)n1. The van der Waals surface area contributed by atoms with E-state index in [1.54, 1.807) is 12.1 Å². The molecule has 6 rings (SSSR count). The van der Waals surface area contributed by atoms with Gasteiger partial charge in [-0.1, -0.05) is 24.6 Å². The number of nitrogens with zero attached hydrogens (tertiary/aromatic N) is 5. The normalized spacial score (nSPS) is 15.2. The van der Waals surface area contributed by atoms with Gasteiger partial charge < -0.3 is 9.13 Å². The number of aromatic nitrogens is 5. The number of benzene rings is 2. The van der Waals surface area contributed by atoms with E-state index in [0.29, 0.717) is 6.67 Å². The number of imidazole rings is 1. The monoisotopic (exact) mass is 488 g/mol. The van der Waals surface area contributed by atoms with E-state index >= 15 is 0 Å². The van der Waals surface area contributed by atoms with Crippen LogP contribution in [-0.4, -0.2) is 30.4 Å². The van der Waals surface area contributed by atoms with Gasteiger partial charge in [0.1, 0.15) is 17.3 Å². The van der Waals surface area contributed by atoms with Crippen molar-refractivity contribution in [3.05, 3.63) is 83.7 Å². The van der Waals surface area contributed by atoms with Crippen molar-refractivity contribution in [1.29, 1.82) is 0 Å². The molecule has 1 aliphatic heterocycles. The number of hydrogen-bond donors (Lipinski definition) is 1. The number of rotatable bonds is 7. The fourth-order valence-electron chi connectivity index (χ4n) is 5.05. The highest BCUT2D eigenvalue weighted by Gasteiger charge is 2.31. The highest BCUT2D eigenvalue weighted by atomic mass is 35.5. The fraction of sp³-hybridized carbons (Fsp3) is 0.259. The first kappa shape index (κ1) is 22.1. The van der Waals surface area contributed by atoms with Gasteiger partial charge in [0.05, 0.1) is 24.1 Å². The van der Waals surface area contributed by atoms with Gasteiger partial charge in [-0.25, -0.2) is 9.37 Å². The maximum Gasteiger partial charge on any atom is 0.123 e. The van der Waals surface area contributed by atoms with E-state index in [2.05, 4.69) is 39.7 Å². The molecule has 0 aliphatic carbocycles. The summed E-state index contributed by atoms with van der Waals surface area (Å²) in [6, 6.07) is 16.9. The average molecular weight is 489 g/mol. The number of hydrogen-bond acceptors (Lipinski definition) is 3. The molecule has 0 saturated heterocycles. The van der Waals surface area contributed by atoms with Crippen molar-refractivity contribution in [3.63, 3.8) is 0 Å². The van der Waals surface area contributed by atoms with Gasteiger partial charge in [-0.2, -0.15) is 5.10 Å². The molecule has 8 heteroatoms. The van der Waals surface area contributed by atoms with Crippen molar-refractivity contribution in [2.45, 2.75) is 39.0 Å². The number of fused-ring (bicyclic) bond motifs is 2. The molecular formula is C27H26ClFN6. The van der Waals surface area contributed by atoms with Crippen LogP contribution in [0.4, 0.5) is 4.39 Å². The van der Waals surface area contributed by atoms with Crippen LogP contribution in [0.3, 0.4) is 0 Å². The molecule has 1 unspecified atom stereocenters. The topological polar surface area (TPSA) is 52.6 Å². The predicted molar refractivity (Wildman–Crippen MR) is 137 cm³/mol. The molecule has 0 amide bonds. The molecule has 1 aliphatic rings. The smallest absolute Gasteiger partial charge is 0.123 e. The van der Waals surface area contributed by atoms with E-state index in [9.17, 15) is 4.39 Å². The van der Waals surface area contributed by atoms with Crippen LogP contribution in [0.5, 0.6) is 0 Å². The molecule has 0 saturated carbocycles. The Morgan fingerprint density at radius 2 is 1.94 bits per heavy atom. The quantitative estimate of drug-likeness (QED) is 0.309. The van der Waals surface area contributed by atoms with Crippen LogP contribution in [-0.2, 0) is 19.6 Å². The minimum atomic E-state index is -0.256. The van der Waals surface area contributed by atoms with Crippen LogP contribution >= 0.6 is 11.6 Å². The Morgan fingerprint density at radius 3 is 2.77 bits per heavy atom. The van der Waals surface area contributed by atoms with Crippen molar-refractivity contribution in [2.24, 2.45) is 0 Å². The Hall–Kier alpha value is -3.42. The van der Waals surface area contributed by atoms with Crippen LogP contribution in [0.25, 0.3) is 33.5 Å². The van der Waals surface area contributed by atoms with E-state index in [0.717, 1.165) is 64.9 Å². The third-order valence-electron chi connectivity index (χ3n) is 6.72. The van der Waals surface area contributed by atoms with Crippen LogP contribution in [0.15, 0.2) is 67.0 Å². The van der Waals surface area contributed by atoms with Crippen LogP contribution < -0.4 is 5.32 Å². The summed E-state index contributed by atoms with van der Waals surface area (Å²) in [5.74, 6) is 0.785. The van der Waals surface area contributed by atoms with Gasteiger partial charge >= 0.3 is 0 Å². The summed E-state index contributed by atoms with van der Waals surface area (Å²) < 4.78 is 20.2. The lowest BCUT2D eigenvalue weighted by atomic mass is 10.1. The molecule has 35 heavy (non-hydrogen) atoms. The van der Waals surface area contributed by atoms with E-state index in [4.69, 9.17) is 21.7 Å². The van der Waals surface area contributed by atoms with Crippen LogP contribution in [0.2, 0.25) is 5.02 Å². The van der Waals surface area contributed by atoms with Gasteiger partial charge in [-0.15, -0.1) is 0 Å². The van der Waals surface area contributed by atoms with E-state index < -0.39 is 0 Å². The lowest BCUT2D eigenvalue weighted by molar-refractivity contribution is 0.458. The summed E-state index contributed by atoms with van der Waals surface area (Å²) in [4.78, 5) is 5.04. The van der Waals surface area contributed by atoms with Crippen molar-refractivity contribution in [2.75, 3.05) is 6.54 Å². The summed E-state index contributed by atoms with van der Waals surface area (Å²) in [6.07, 6.45) is 5.99. The second kappa shape index (κ2) is 8.98. The van der Waals surface area contributed by atoms with E-state index in [1.165, 1.54) is 17.5 Å². The van der Waals surface area contributed by atoms with Gasteiger partial charge in [-0.3, -0.25) is 10.00 Å². The van der Waals surface area contributed by atoms with Crippen molar-refractivity contribution < 1.29 is 4.39 Å². The Bertz CT molecular complexity index is 1500. The molecule has 3 aromatic heterocycles. The molecule has 178 valence electrons. The molecule has 6 nitrogen and oxygen atoms in total. The second-order valence-corrected chi connectivity index (χ2v) is 9.40. The molecule has 0 fully saturated rings. The second-order valence-electron chi connectivity index (χ2n) is 8.97. The lowest BCUT2D eigenvalue weighted by Gasteiger charge is -2.18. The summed E-state index contributed by atoms with van der Waals surface area (Å²) in [6.45, 7) is 4.39. The van der Waals surface area contributed by atoms with Crippen molar-refractivity contribution >= 4 is 22.5 Å². The molecular weight excluding hydrogens is 463 g/mol. The first-order chi connectivity index (χ1) is 17.1. The summed E-state index contributed by atoms with van der Waals surface area (Å²) in [5, 5.41) is 10.1. The first-order valence-corrected chi connectivity index (χ1v) is 12.3. The third-order valence-corrected chi connectivity index (χ3v) is 6.95. The molecule has 4 heterocycles. The maximum atomic E-state index is 13.7. The molecule has 1 atom stereocenters. The zero-order chi connectivity index (χ0) is 23.9. The van der Waals surface area contributed by atoms with E-state index in [-0.39, 0.29) is 11.9 Å². The molecule has 1 N–H and O–H groups in total. The minimum absolute atomic E-state index is 0.218. The van der Waals surface area contributed by atoms with Gasteiger partial charge in [0.25, 0.3) is 0 Å². The predicted octanol–water partition coefficient (Wildman–Crippen LogP) is 5.92. The standard InChI is InChI=1S/C27H26ClFN6/c1-2-30-17-34-14-12-23(32-34)27-26(19-4-7-21(29)8-5-19)31-25-10-9-22(35(25)27)16-33-13-11-18-3-6-20(28)15-24(18)33/h3-8,11-15,22,30H,2,9-10,16-17H2,1H3. The molecule has 0 spiro atoms. The first-order valence-electron chi connectivity index (χ1n) is 12.0. The summed E-state index contributed by atoms with van der Waals surface area (Å²) >= 11 is 6.30. The Labute approximate surface area is 208 Å². The number of aryl methyl sites for hydroxylation is 1. The number of nitrogens with one attached hydrogen (secondary N) is 1. The van der Waals surface area contributed by atoms with Crippen LogP contribution in [0, 0.1) is 5.82 Å². The molecule has 5 aromatic rings. The molecule has 0 bridgehead atoms. The van der Waals surface area contributed by atoms with Crippen LogP contribution in [0.1, 0.15) is 25.2 Å². The zero-order valence-electron chi connectivity index (χ0n) is 19.5. The van der Waals surface area contributed by atoms with Crippen molar-refractivity contribution in [1.82, 2.24) is 29.2 Å².